The molecule has 1 aliphatic rings. The highest BCUT2D eigenvalue weighted by molar-refractivity contribution is 9.10. The second-order valence-corrected chi connectivity index (χ2v) is 5.65. The third-order valence-corrected chi connectivity index (χ3v) is 3.84. The molecular formula is C14H19BrN2O2. The van der Waals surface area contributed by atoms with E-state index >= 15 is 0 Å². The van der Waals surface area contributed by atoms with E-state index in [2.05, 4.69) is 26.6 Å². The molecule has 1 aromatic carbocycles. The highest BCUT2D eigenvalue weighted by Crippen LogP contribution is 2.22. The molecule has 0 saturated carbocycles. The van der Waals surface area contributed by atoms with Gasteiger partial charge in [0.05, 0.1) is 6.54 Å². The van der Waals surface area contributed by atoms with E-state index in [-0.39, 0.29) is 11.9 Å². The molecule has 5 heteroatoms. The third-order valence-electron chi connectivity index (χ3n) is 3.15. The zero-order valence-corrected chi connectivity index (χ0v) is 12.6. The minimum Gasteiger partial charge on any atom is -0.381 e. The summed E-state index contributed by atoms with van der Waals surface area (Å²) >= 11 is 3.47. The first-order valence-electron chi connectivity index (χ1n) is 6.52. The summed E-state index contributed by atoms with van der Waals surface area (Å²) in [6, 6.07) is 6.28. The van der Waals surface area contributed by atoms with Crippen LogP contribution in [0, 0.1) is 6.92 Å². The van der Waals surface area contributed by atoms with E-state index in [1.54, 1.807) is 0 Å². The van der Waals surface area contributed by atoms with Gasteiger partial charge in [-0.3, -0.25) is 4.79 Å². The van der Waals surface area contributed by atoms with Gasteiger partial charge in [-0.1, -0.05) is 6.07 Å². The SMILES string of the molecule is Cc1ccc(Br)c(NCC(=O)NC2CCOCC2)c1. The Hall–Kier alpha value is -1.07. The molecule has 1 saturated heterocycles. The smallest absolute Gasteiger partial charge is 0.239 e. The van der Waals surface area contributed by atoms with Crippen LogP contribution in [0.5, 0.6) is 0 Å². The van der Waals surface area contributed by atoms with Crippen LogP contribution in [-0.4, -0.2) is 31.7 Å². The lowest BCUT2D eigenvalue weighted by molar-refractivity contribution is -0.120. The molecule has 1 amide bonds. The van der Waals surface area contributed by atoms with Crippen molar-refractivity contribution in [1.82, 2.24) is 5.32 Å². The molecule has 0 aliphatic carbocycles. The summed E-state index contributed by atoms with van der Waals surface area (Å²) in [5, 5.41) is 6.18. The molecule has 1 aromatic rings. The zero-order valence-electron chi connectivity index (χ0n) is 11.0. The van der Waals surface area contributed by atoms with Gasteiger partial charge in [0.2, 0.25) is 5.91 Å². The van der Waals surface area contributed by atoms with E-state index in [0.29, 0.717) is 6.54 Å². The summed E-state index contributed by atoms with van der Waals surface area (Å²) < 4.78 is 6.24. The standard InChI is InChI=1S/C14H19BrN2O2/c1-10-2-3-12(15)13(8-10)16-9-14(18)17-11-4-6-19-7-5-11/h2-3,8,11,16H,4-7,9H2,1H3,(H,17,18). The number of carbonyl (C=O) groups is 1. The fourth-order valence-electron chi connectivity index (χ4n) is 2.07. The van der Waals surface area contributed by atoms with Crippen molar-refractivity contribution in [3.05, 3.63) is 28.2 Å². The second kappa shape index (κ2) is 6.91. The van der Waals surface area contributed by atoms with Crippen LogP contribution in [0.4, 0.5) is 5.69 Å². The molecule has 0 radical (unpaired) electrons. The maximum Gasteiger partial charge on any atom is 0.239 e. The summed E-state index contributed by atoms with van der Waals surface area (Å²) in [5.74, 6) is 0.0281. The number of anilines is 1. The summed E-state index contributed by atoms with van der Waals surface area (Å²) in [4.78, 5) is 11.9. The van der Waals surface area contributed by atoms with Crippen molar-refractivity contribution in [2.45, 2.75) is 25.8 Å². The molecule has 1 fully saturated rings. The summed E-state index contributed by atoms with van der Waals surface area (Å²) in [7, 11) is 0. The minimum absolute atomic E-state index is 0.0281. The fourth-order valence-corrected chi connectivity index (χ4v) is 2.46. The predicted molar refractivity (Wildman–Crippen MR) is 79.4 cm³/mol. The maximum absolute atomic E-state index is 11.9. The average Bonchev–Trinajstić information content (AvgIpc) is 2.41. The summed E-state index contributed by atoms with van der Waals surface area (Å²) in [6.45, 7) is 3.79. The van der Waals surface area contributed by atoms with E-state index in [1.165, 1.54) is 0 Å². The van der Waals surface area contributed by atoms with Crippen molar-refractivity contribution in [3.8, 4) is 0 Å². The Kier molecular flexibility index (Phi) is 5.22. The second-order valence-electron chi connectivity index (χ2n) is 4.79. The Bertz CT molecular complexity index is 445. The van der Waals surface area contributed by atoms with Gasteiger partial charge in [-0.05, 0) is 53.4 Å². The number of benzene rings is 1. The first kappa shape index (κ1) is 14.3. The van der Waals surface area contributed by atoms with E-state index in [1.807, 2.05) is 25.1 Å². The van der Waals surface area contributed by atoms with Crippen LogP contribution in [0.3, 0.4) is 0 Å². The topological polar surface area (TPSA) is 50.4 Å². The molecule has 0 unspecified atom stereocenters. The van der Waals surface area contributed by atoms with Crippen LogP contribution < -0.4 is 10.6 Å². The number of nitrogens with one attached hydrogen (secondary N) is 2. The lowest BCUT2D eigenvalue weighted by Crippen LogP contribution is -2.41. The molecule has 2 N–H and O–H groups in total. The van der Waals surface area contributed by atoms with Crippen molar-refractivity contribution in [2.24, 2.45) is 0 Å². The highest BCUT2D eigenvalue weighted by Gasteiger charge is 2.15. The number of ether oxygens (including phenoxy) is 1. The molecule has 2 rings (SSSR count). The Balaban J connectivity index is 1.81. The van der Waals surface area contributed by atoms with E-state index in [0.717, 1.165) is 41.8 Å². The van der Waals surface area contributed by atoms with Crippen LogP contribution in [-0.2, 0) is 9.53 Å². The molecule has 19 heavy (non-hydrogen) atoms. The molecule has 0 spiro atoms. The third kappa shape index (κ3) is 4.51. The van der Waals surface area contributed by atoms with Crippen LogP contribution in [0.2, 0.25) is 0 Å². The first-order valence-corrected chi connectivity index (χ1v) is 7.31. The number of amides is 1. The van der Waals surface area contributed by atoms with E-state index in [4.69, 9.17) is 4.74 Å². The van der Waals surface area contributed by atoms with Gasteiger partial charge in [-0.15, -0.1) is 0 Å². The van der Waals surface area contributed by atoms with Crippen molar-refractivity contribution in [3.63, 3.8) is 0 Å². The Morgan fingerprint density at radius 3 is 2.89 bits per heavy atom. The van der Waals surface area contributed by atoms with Crippen LogP contribution >= 0.6 is 15.9 Å². The number of hydrogen-bond acceptors (Lipinski definition) is 3. The Labute approximate surface area is 122 Å². The molecule has 0 atom stereocenters. The summed E-state index contributed by atoms with van der Waals surface area (Å²) in [6.07, 6.45) is 1.81. The molecule has 1 aliphatic heterocycles. The number of carbonyl (C=O) groups excluding carboxylic acids is 1. The van der Waals surface area contributed by atoms with Crippen molar-refractivity contribution in [1.29, 1.82) is 0 Å². The minimum atomic E-state index is 0.0281. The predicted octanol–water partition coefficient (Wildman–Crippen LogP) is 2.46. The summed E-state index contributed by atoms with van der Waals surface area (Å²) in [5.41, 5.74) is 2.11. The van der Waals surface area contributed by atoms with Crippen molar-refractivity contribution < 1.29 is 9.53 Å². The van der Waals surface area contributed by atoms with Crippen molar-refractivity contribution >= 4 is 27.5 Å². The normalized spacial score (nSPS) is 16.1. The van der Waals surface area contributed by atoms with Gasteiger partial charge in [0.15, 0.2) is 0 Å². The Morgan fingerprint density at radius 2 is 2.16 bits per heavy atom. The van der Waals surface area contributed by atoms with Crippen LogP contribution in [0.15, 0.2) is 22.7 Å². The number of aryl methyl sites for hydroxylation is 1. The lowest BCUT2D eigenvalue weighted by atomic mass is 10.1. The van der Waals surface area contributed by atoms with Gasteiger partial charge < -0.3 is 15.4 Å². The highest BCUT2D eigenvalue weighted by atomic mass is 79.9. The Morgan fingerprint density at radius 1 is 1.42 bits per heavy atom. The fraction of sp³-hybridized carbons (Fsp3) is 0.500. The van der Waals surface area contributed by atoms with Gasteiger partial charge in [-0.25, -0.2) is 0 Å². The van der Waals surface area contributed by atoms with Gasteiger partial charge in [0.25, 0.3) is 0 Å². The molecule has 0 bridgehead atoms. The monoisotopic (exact) mass is 326 g/mol. The molecule has 4 nitrogen and oxygen atoms in total. The lowest BCUT2D eigenvalue weighted by Gasteiger charge is -2.23. The van der Waals surface area contributed by atoms with Gasteiger partial charge in [0.1, 0.15) is 0 Å². The average molecular weight is 327 g/mol. The molecule has 0 aromatic heterocycles. The van der Waals surface area contributed by atoms with Gasteiger partial charge >= 0.3 is 0 Å². The molecule has 1 heterocycles. The molecular weight excluding hydrogens is 308 g/mol. The maximum atomic E-state index is 11.9. The van der Waals surface area contributed by atoms with E-state index < -0.39 is 0 Å². The van der Waals surface area contributed by atoms with E-state index in [9.17, 15) is 4.79 Å². The van der Waals surface area contributed by atoms with Crippen LogP contribution in [0.25, 0.3) is 0 Å². The zero-order chi connectivity index (χ0) is 13.7. The van der Waals surface area contributed by atoms with Gasteiger partial charge in [-0.2, -0.15) is 0 Å². The van der Waals surface area contributed by atoms with Crippen LogP contribution in [0.1, 0.15) is 18.4 Å². The van der Waals surface area contributed by atoms with Crippen molar-refractivity contribution in [2.75, 3.05) is 25.1 Å². The molecule has 104 valence electrons. The first-order chi connectivity index (χ1) is 9.15. The number of rotatable bonds is 4. The number of hydrogen-bond donors (Lipinski definition) is 2. The number of halogens is 1. The van der Waals surface area contributed by atoms with Gasteiger partial charge in [0, 0.05) is 29.4 Å². The largest absolute Gasteiger partial charge is 0.381 e. The quantitative estimate of drug-likeness (QED) is 0.893.